The van der Waals surface area contributed by atoms with E-state index in [-0.39, 0.29) is 24.7 Å². The summed E-state index contributed by atoms with van der Waals surface area (Å²) >= 11 is 0. The molecule has 2 aromatic carbocycles. The summed E-state index contributed by atoms with van der Waals surface area (Å²) in [5, 5.41) is 26.3. The van der Waals surface area contributed by atoms with E-state index in [0.717, 1.165) is 11.1 Å². The maximum Gasteiger partial charge on any atom is 0.224 e. The van der Waals surface area contributed by atoms with Gasteiger partial charge in [-0.05, 0) is 54.3 Å². The van der Waals surface area contributed by atoms with Gasteiger partial charge in [0.1, 0.15) is 5.82 Å². The van der Waals surface area contributed by atoms with E-state index in [1.54, 1.807) is 37.4 Å². The van der Waals surface area contributed by atoms with E-state index in [9.17, 15) is 9.59 Å². The summed E-state index contributed by atoms with van der Waals surface area (Å²) in [6.45, 7) is 0. The Balaban J connectivity index is 1.56. The fraction of sp³-hybridized carbons (Fsp3) is 0.192. The highest BCUT2D eigenvalue weighted by Gasteiger charge is 2.11. The van der Waals surface area contributed by atoms with Gasteiger partial charge in [0.25, 0.3) is 0 Å². The van der Waals surface area contributed by atoms with Crippen LogP contribution in [0.1, 0.15) is 35.1 Å². The molecular formula is C26H24N6O2. The quantitative estimate of drug-likeness (QED) is 0.450. The summed E-state index contributed by atoms with van der Waals surface area (Å²) in [7, 11) is 1.70. The Hall–Kier alpha value is -4.69. The number of pyridine rings is 1. The molecule has 0 aliphatic carbocycles. The van der Waals surface area contributed by atoms with Gasteiger partial charge in [-0.25, -0.2) is 4.98 Å². The third-order valence-corrected chi connectivity index (χ3v) is 5.13. The molecule has 0 saturated carbocycles. The molecule has 0 saturated heterocycles. The van der Waals surface area contributed by atoms with Gasteiger partial charge in [-0.15, -0.1) is 0 Å². The maximum absolute atomic E-state index is 12.5. The number of carbonyl (C=O) groups is 2. The van der Waals surface area contributed by atoms with Crippen molar-refractivity contribution in [1.29, 1.82) is 10.5 Å². The van der Waals surface area contributed by atoms with E-state index < -0.39 is 0 Å². The molecule has 1 aromatic heterocycles. The predicted octanol–water partition coefficient (Wildman–Crippen LogP) is 4.01. The molecule has 0 spiro atoms. The lowest BCUT2D eigenvalue weighted by Crippen LogP contribution is -2.16. The van der Waals surface area contributed by atoms with Crippen molar-refractivity contribution in [2.45, 2.75) is 25.7 Å². The molecule has 3 N–H and O–H groups in total. The highest BCUT2D eigenvalue weighted by Crippen LogP contribution is 2.23. The summed E-state index contributed by atoms with van der Waals surface area (Å²) in [4.78, 5) is 29.2. The first-order valence-corrected chi connectivity index (χ1v) is 10.8. The fourth-order valence-electron chi connectivity index (χ4n) is 3.27. The van der Waals surface area contributed by atoms with E-state index in [1.807, 2.05) is 24.3 Å². The Morgan fingerprint density at radius 3 is 1.79 bits per heavy atom. The first kappa shape index (κ1) is 24.0. The molecule has 8 nitrogen and oxygen atoms in total. The van der Waals surface area contributed by atoms with Crippen LogP contribution in [-0.4, -0.2) is 23.8 Å². The smallest absolute Gasteiger partial charge is 0.224 e. The number of benzene rings is 2. The molecule has 0 unspecified atom stereocenters. The number of carbonyl (C=O) groups excluding carboxylic acids is 2. The number of hydrogen-bond acceptors (Lipinski definition) is 6. The first-order chi connectivity index (χ1) is 16.5. The minimum absolute atomic E-state index is 0.179. The third kappa shape index (κ3) is 6.91. The summed E-state index contributed by atoms with van der Waals surface area (Å²) in [5.41, 5.74) is 4.03. The Kier molecular flexibility index (Phi) is 8.31. The van der Waals surface area contributed by atoms with Gasteiger partial charge in [0, 0.05) is 19.9 Å². The molecular weight excluding hydrogens is 428 g/mol. The summed E-state index contributed by atoms with van der Waals surface area (Å²) in [6, 6.07) is 20.0. The predicted molar refractivity (Wildman–Crippen MR) is 130 cm³/mol. The minimum atomic E-state index is -0.188. The lowest BCUT2D eigenvalue weighted by molar-refractivity contribution is -0.116. The van der Waals surface area contributed by atoms with Crippen LogP contribution in [0, 0.1) is 22.7 Å². The second kappa shape index (κ2) is 11.8. The van der Waals surface area contributed by atoms with Gasteiger partial charge < -0.3 is 16.0 Å². The molecule has 34 heavy (non-hydrogen) atoms. The average molecular weight is 453 g/mol. The monoisotopic (exact) mass is 452 g/mol. The average Bonchev–Trinajstić information content (AvgIpc) is 2.87. The van der Waals surface area contributed by atoms with Crippen LogP contribution in [0.3, 0.4) is 0 Å². The Labute approximate surface area is 198 Å². The molecule has 0 bridgehead atoms. The molecule has 0 aliphatic heterocycles. The van der Waals surface area contributed by atoms with Crippen molar-refractivity contribution in [3.05, 3.63) is 83.0 Å². The third-order valence-electron chi connectivity index (χ3n) is 5.13. The van der Waals surface area contributed by atoms with Gasteiger partial charge in [0.05, 0.1) is 40.8 Å². The van der Waals surface area contributed by atoms with Crippen molar-refractivity contribution in [2.75, 3.05) is 23.0 Å². The van der Waals surface area contributed by atoms with Crippen LogP contribution in [-0.2, 0) is 22.4 Å². The Morgan fingerprint density at radius 1 is 0.824 bits per heavy atom. The number of nitriles is 2. The number of nitrogens with zero attached hydrogens (tertiary/aromatic N) is 3. The molecule has 3 rings (SSSR count). The van der Waals surface area contributed by atoms with Crippen LogP contribution in [0.15, 0.2) is 60.8 Å². The highest BCUT2D eigenvalue weighted by molar-refractivity contribution is 5.96. The fourth-order valence-corrected chi connectivity index (χ4v) is 3.27. The van der Waals surface area contributed by atoms with Gasteiger partial charge in [-0.2, -0.15) is 10.5 Å². The molecule has 8 heteroatoms. The van der Waals surface area contributed by atoms with Gasteiger partial charge >= 0.3 is 0 Å². The number of rotatable bonds is 9. The number of nitrogens with one attached hydrogen (secondary N) is 3. The second-order valence-corrected chi connectivity index (χ2v) is 7.58. The van der Waals surface area contributed by atoms with Crippen LogP contribution in [0.2, 0.25) is 0 Å². The zero-order valence-corrected chi connectivity index (χ0v) is 18.8. The molecule has 0 aliphatic rings. The van der Waals surface area contributed by atoms with Crippen LogP contribution in [0.25, 0.3) is 0 Å². The van der Waals surface area contributed by atoms with Gasteiger partial charge in [-0.3, -0.25) is 9.59 Å². The number of aryl methyl sites for hydroxylation is 2. The standard InChI is InChI=1S/C26H24N6O2/c1-29-26-23(32-25(34)13-11-19-4-8-21(16-28)9-5-19)14-22(17-30-26)31-24(33)12-10-18-2-6-20(15-27)7-3-18/h2-9,14,17H,10-13H2,1H3,(H,29,30)(H,31,33)(H,32,34). The van der Waals surface area contributed by atoms with E-state index in [4.69, 9.17) is 10.5 Å². The zero-order valence-electron chi connectivity index (χ0n) is 18.8. The van der Waals surface area contributed by atoms with Gasteiger partial charge in [-0.1, -0.05) is 24.3 Å². The topological polar surface area (TPSA) is 131 Å². The SMILES string of the molecule is CNc1ncc(NC(=O)CCc2ccc(C#N)cc2)cc1NC(=O)CCc1ccc(C#N)cc1. The summed E-state index contributed by atoms with van der Waals surface area (Å²) in [5.74, 6) is 0.121. The van der Waals surface area contributed by atoms with Crippen LogP contribution < -0.4 is 16.0 Å². The van der Waals surface area contributed by atoms with Crippen LogP contribution in [0.4, 0.5) is 17.2 Å². The van der Waals surface area contributed by atoms with Gasteiger partial charge in [0.2, 0.25) is 11.8 Å². The molecule has 2 amide bonds. The van der Waals surface area contributed by atoms with Crippen LogP contribution in [0.5, 0.6) is 0 Å². The number of amides is 2. The molecule has 3 aromatic rings. The Bertz CT molecular complexity index is 1240. The summed E-state index contributed by atoms with van der Waals surface area (Å²) < 4.78 is 0. The lowest BCUT2D eigenvalue weighted by Gasteiger charge is -2.13. The molecule has 1 heterocycles. The van der Waals surface area contributed by atoms with Gasteiger partial charge in [0.15, 0.2) is 0 Å². The van der Waals surface area contributed by atoms with Crippen LogP contribution >= 0.6 is 0 Å². The summed E-state index contributed by atoms with van der Waals surface area (Å²) in [6.07, 6.45) is 3.13. The Morgan fingerprint density at radius 2 is 1.32 bits per heavy atom. The molecule has 0 atom stereocenters. The largest absolute Gasteiger partial charge is 0.371 e. The maximum atomic E-state index is 12.5. The van der Waals surface area contributed by atoms with Crippen molar-refractivity contribution in [3.63, 3.8) is 0 Å². The number of hydrogen-bond donors (Lipinski definition) is 3. The lowest BCUT2D eigenvalue weighted by atomic mass is 10.1. The molecule has 0 radical (unpaired) electrons. The first-order valence-electron chi connectivity index (χ1n) is 10.8. The number of anilines is 3. The number of aromatic nitrogens is 1. The van der Waals surface area contributed by atoms with Crippen molar-refractivity contribution in [1.82, 2.24) is 4.98 Å². The van der Waals surface area contributed by atoms with Crippen molar-refractivity contribution < 1.29 is 9.59 Å². The van der Waals surface area contributed by atoms with Crippen molar-refractivity contribution in [2.24, 2.45) is 0 Å². The van der Waals surface area contributed by atoms with E-state index >= 15 is 0 Å². The van der Waals surface area contributed by atoms with Crippen molar-refractivity contribution in [3.8, 4) is 12.1 Å². The highest BCUT2D eigenvalue weighted by atomic mass is 16.2. The molecule has 0 fully saturated rings. The zero-order chi connectivity index (χ0) is 24.3. The second-order valence-electron chi connectivity index (χ2n) is 7.58. The van der Waals surface area contributed by atoms with E-state index in [1.165, 1.54) is 6.20 Å². The van der Waals surface area contributed by atoms with E-state index in [2.05, 4.69) is 33.1 Å². The minimum Gasteiger partial charge on any atom is -0.371 e. The van der Waals surface area contributed by atoms with E-state index in [0.29, 0.717) is 41.2 Å². The van der Waals surface area contributed by atoms with Crippen molar-refractivity contribution >= 4 is 29.0 Å². The molecule has 170 valence electrons. The normalized spacial score (nSPS) is 9.97.